The van der Waals surface area contributed by atoms with Gasteiger partial charge in [0.25, 0.3) is 5.91 Å². The number of nitrogens with one attached hydrogen (secondary N) is 1. The number of hydrogen-bond donors (Lipinski definition) is 2. The predicted molar refractivity (Wildman–Crippen MR) is 83.3 cm³/mol. The lowest BCUT2D eigenvalue weighted by molar-refractivity contribution is 0.0948. The van der Waals surface area contributed by atoms with Gasteiger partial charge in [-0.3, -0.25) is 4.79 Å². The van der Waals surface area contributed by atoms with Crippen LogP contribution in [-0.2, 0) is 0 Å². The Balaban J connectivity index is 2.09. The number of nitrogens with two attached hydrogens (primary N) is 1. The summed E-state index contributed by atoms with van der Waals surface area (Å²) in [7, 11) is 0. The van der Waals surface area contributed by atoms with E-state index in [2.05, 4.69) is 17.3 Å². The Morgan fingerprint density at radius 1 is 1.45 bits per heavy atom. The van der Waals surface area contributed by atoms with E-state index in [1.807, 2.05) is 24.5 Å². The van der Waals surface area contributed by atoms with E-state index in [9.17, 15) is 4.79 Å². The minimum Gasteiger partial charge on any atom is -0.397 e. The maximum absolute atomic E-state index is 12.0. The van der Waals surface area contributed by atoms with Crippen molar-refractivity contribution in [3.63, 3.8) is 0 Å². The number of amides is 1. The third-order valence-corrected chi connectivity index (χ3v) is 3.93. The highest BCUT2D eigenvalue weighted by Gasteiger charge is 2.11. The van der Waals surface area contributed by atoms with E-state index < -0.39 is 0 Å². The van der Waals surface area contributed by atoms with Gasteiger partial charge in [0, 0.05) is 18.0 Å². The Labute approximate surface area is 122 Å². The van der Waals surface area contributed by atoms with E-state index in [-0.39, 0.29) is 5.91 Å². The quantitative estimate of drug-likeness (QED) is 0.825. The molecule has 1 heterocycles. The molecule has 0 aliphatic heterocycles. The Morgan fingerprint density at radius 2 is 2.20 bits per heavy atom. The van der Waals surface area contributed by atoms with Crippen molar-refractivity contribution in [2.45, 2.75) is 12.2 Å². The molecule has 6 heteroatoms. The third kappa shape index (κ3) is 3.33. The second-order valence-electron chi connectivity index (χ2n) is 4.46. The summed E-state index contributed by atoms with van der Waals surface area (Å²) in [6, 6.07) is 9.09. The van der Waals surface area contributed by atoms with Crippen molar-refractivity contribution in [1.82, 2.24) is 15.1 Å². The van der Waals surface area contributed by atoms with Crippen molar-refractivity contribution in [2.24, 2.45) is 0 Å². The zero-order valence-electron chi connectivity index (χ0n) is 11.5. The lowest BCUT2D eigenvalue weighted by Crippen LogP contribution is -2.29. The van der Waals surface area contributed by atoms with Crippen molar-refractivity contribution < 1.29 is 4.79 Å². The molecule has 0 bridgehead atoms. The van der Waals surface area contributed by atoms with Gasteiger partial charge >= 0.3 is 0 Å². The summed E-state index contributed by atoms with van der Waals surface area (Å²) in [5, 5.41) is 7.51. The van der Waals surface area contributed by atoms with Gasteiger partial charge in [-0.1, -0.05) is 19.1 Å². The molecule has 1 unspecified atom stereocenters. The van der Waals surface area contributed by atoms with Crippen LogP contribution in [0.4, 0.5) is 5.69 Å². The minimum atomic E-state index is -0.167. The Hall–Kier alpha value is -1.95. The van der Waals surface area contributed by atoms with E-state index in [0.29, 0.717) is 23.2 Å². The van der Waals surface area contributed by atoms with Crippen LogP contribution in [0.15, 0.2) is 36.5 Å². The number of carbonyl (C=O) groups is 1. The van der Waals surface area contributed by atoms with Gasteiger partial charge in [0.2, 0.25) is 0 Å². The normalized spacial score (nSPS) is 12.1. The van der Waals surface area contributed by atoms with Crippen LogP contribution >= 0.6 is 11.8 Å². The fraction of sp³-hybridized carbons (Fsp3) is 0.286. The fourth-order valence-electron chi connectivity index (χ4n) is 1.69. The van der Waals surface area contributed by atoms with Crippen molar-refractivity contribution >= 4 is 23.4 Å². The SMILES string of the molecule is CSC(C)CNC(=O)c1ccn(-c2ccccc2N)n1. The topological polar surface area (TPSA) is 72.9 Å². The molecule has 1 aromatic carbocycles. The lowest BCUT2D eigenvalue weighted by Gasteiger charge is -2.08. The van der Waals surface area contributed by atoms with Crippen LogP contribution in [0.25, 0.3) is 5.69 Å². The number of carbonyl (C=O) groups excluding carboxylic acids is 1. The summed E-state index contributed by atoms with van der Waals surface area (Å²) in [5.41, 5.74) is 7.67. The van der Waals surface area contributed by atoms with Gasteiger partial charge in [-0.25, -0.2) is 4.68 Å². The highest BCUT2D eigenvalue weighted by molar-refractivity contribution is 7.99. The van der Waals surface area contributed by atoms with Crippen LogP contribution in [0.1, 0.15) is 17.4 Å². The molecule has 1 amide bonds. The first kappa shape index (κ1) is 14.5. The molecule has 20 heavy (non-hydrogen) atoms. The van der Waals surface area contributed by atoms with Crippen molar-refractivity contribution in [2.75, 3.05) is 18.5 Å². The molecule has 1 aromatic heterocycles. The van der Waals surface area contributed by atoms with Crippen molar-refractivity contribution in [3.8, 4) is 5.69 Å². The summed E-state index contributed by atoms with van der Waals surface area (Å²) in [6.07, 6.45) is 3.75. The summed E-state index contributed by atoms with van der Waals surface area (Å²) >= 11 is 1.71. The molecule has 2 aromatic rings. The van der Waals surface area contributed by atoms with Crippen LogP contribution < -0.4 is 11.1 Å². The van der Waals surface area contributed by atoms with E-state index in [0.717, 1.165) is 5.69 Å². The maximum Gasteiger partial charge on any atom is 0.271 e. The second kappa shape index (κ2) is 6.47. The maximum atomic E-state index is 12.0. The minimum absolute atomic E-state index is 0.167. The number of aromatic nitrogens is 2. The summed E-state index contributed by atoms with van der Waals surface area (Å²) in [5.74, 6) is -0.167. The van der Waals surface area contributed by atoms with Gasteiger partial charge in [0.15, 0.2) is 5.69 Å². The van der Waals surface area contributed by atoms with Gasteiger partial charge in [-0.15, -0.1) is 0 Å². The average Bonchev–Trinajstić information content (AvgIpc) is 2.94. The average molecular weight is 290 g/mol. The van der Waals surface area contributed by atoms with Crippen molar-refractivity contribution in [1.29, 1.82) is 0 Å². The smallest absolute Gasteiger partial charge is 0.271 e. The van der Waals surface area contributed by atoms with Crippen LogP contribution in [-0.4, -0.2) is 33.7 Å². The summed E-state index contributed by atoms with van der Waals surface area (Å²) < 4.78 is 1.61. The van der Waals surface area contributed by atoms with Gasteiger partial charge in [-0.2, -0.15) is 16.9 Å². The molecule has 2 rings (SSSR count). The van der Waals surface area contributed by atoms with Crippen LogP contribution in [0.5, 0.6) is 0 Å². The molecule has 0 aliphatic rings. The first-order chi connectivity index (χ1) is 9.61. The molecule has 5 nitrogen and oxygen atoms in total. The van der Waals surface area contributed by atoms with Crippen LogP contribution in [0.3, 0.4) is 0 Å². The Morgan fingerprint density at radius 3 is 2.90 bits per heavy atom. The van der Waals surface area contributed by atoms with E-state index in [1.165, 1.54) is 0 Å². The largest absolute Gasteiger partial charge is 0.397 e. The number of anilines is 1. The van der Waals surface area contributed by atoms with Gasteiger partial charge in [0.1, 0.15) is 0 Å². The lowest BCUT2D eigenvalue weighted by atomic mass is 10.3. The van der Waals surface area contributed by atoms with E-state index in [4.69, 9.17) is 5.73 Å². The Kier molecular flexibility index (Phi) is 4.68. The van der Waals surface area contributed by atoms with Crippen LogP contribution in [0, 0.1) is 0 Å². The molecular weight excluding hydrogens is 272 g/mol. The Bertz CT molecular complexity index is 596. The number of hydrogen-bond acceptors (Lipinski definition) is 4. The number of rotatable bonds is 5. The third-order valence-electron chi connectivity index (χ3n) is 2.96. The molecule has 0 saturated carbocycles. The number of benzene rings is 1. The highest BCUT2D eigenvalue weighted by atomic mass is 32.2. The molecule has 0 fully saturated rings. The molecule has 106 valence electrons. The monoisotopic (exact) mass is 290 g/mol. The van der Waals surface area contributed by atoms with Gasteiger partial charge in [-0.05, 0) is 24.5 Å². The summed E-state index contributed by atoms with van der Waals surface area (Å²) in [4.78, 5) is 12.0. The van der Waals surface area contributed by atoms with Gasteiger partial charge in [0.05, 0.1) is 11.4 Å². The molecule has 3 N–H and O–H groups in total. The first-order valence-corrected chi connectivity index (χ1v) is 7.62. The first-order valence-electron chi connectivity index (χ1n) is 6.33. The van der Waals surface area contributed by atoms with Crippen LogP contribution in [0.2, 0.25) is 0 Å². The second-order valence-corrected chi connectivity index (χ2v) is 5.74. The standard InChI is InChI=1S/C14H18N4OS/c1-10(20-2)9-16-14(19)12-7-8-18(17-12)13-6-4-3-5-11(13)15/h3-8,10H,9,15H2,1-2H3,(H,16,19). The van der Waals surface area contributed by atoms with Crippen molar-refractivity contribution in [3.05, 3.63) is 42.2 Å². The van der Waals surface area contributed by atoms with E-state index in [1.54, 1.807) is 34.8 Å². The molecule has 0 radical (unpaired) electrons. The predicted octanol–water partition coefficient (Wildman–Crippen LogP) is 1.94. The zero-order chi connectivity index (χ0) is 14.5. The number of nitrogen functional groups attached to an aromatic ring is 1. The molecular formula is C14H18N4OS. The molecule has 0 saturated heterocycles. The number of para-hydroxylation sites is 2. The molecule has 0 aliphatic carbocycles. The molecule has 1 atom stereocenters. The summed E-state index contributed by atoms with van der Waals surface area (Å²) in [6.45, 7) is 2.69. The van der Waals surface area contributed by atoms with Gasteiger partial charge < -0.3 is 11.1 Å². The number of nitrogens with zero attached hydrogens (tertiary/aromatic N) is 2. The zero-order valence-corrected chi connectivity index (χ0v) is 12.4. The number of thioether (sulfide) groups is 1. The fourth-order valence-corrected chi connectivity index (χ4v) is 1.94. The molecule has 0 spiro atoms. The highest BCUT2D eigenvalue weighted by Crippen LogP contribution is 2.15. The van der Waals surface area contributed by atoms with E-state index >= 15 is 0 Å².